The third-order valence-electron chi connectivity index (χ3n) is 3.76. The number of nitrogens with one attached hydrogen (secondary N) is 3. The van der Waals surface area contributed by atoms with Gasteiger partial charge in [-0.15, -0.1) is 0 Å². The standard InChI is InChI=1S/C14H13BrN4O5/c1-19-11-8(12(21)18-14(19)23)9(16-13(22)17-11)5-3-6(15)10(20)7(4-5)24-2/h3-4,9,20H,1-2H3,(H2,16,17,22)(H,18,21,23)/t9-/m0/s1. The van der Waals surface area contributed by atoms with E-state index in [9.17, 15) is 19.5 Å². The number of carbonyl (C=O) groups excluding carboxylic acids is 1. The van der Waals surface area contributed by atoms with Crippen molar-refractivity contribution in [2.24, 2.45) is 7.05 Å². The molecular weight excluding hydrogens is 384 g/mol. The molecule has 1 aliphatic heterocycles. The molecule has 126 valence electrons. The summed E-state index contributed by atoms with van der Waals surface area (Å²) < 4.78 is 6.58. The Morgan fingerprint density at radius 2 is 2.00 bits per heavy atom. The van der Waals surface area contributed by atoms with Crippen molar-refractivity contribution in [3.63, 3.8) is 0 Å². The van der Waals surface area contributed by atoms with Gasteiger partial charge in [-0.05, 0) is 33.6 Å². The summed E-state index contributed by atoms with van der Waals surface area (Å²) in [6.07, 6.45) is 0. The SMILES string of the molecule is COc1cc([C@@H]2NC(=O)Nc3c2c(=O)[nH]c(=O)n3C)cc(Br)c1O. The van der Waals surface area contributed by atoms with Gasteiger partial charge in [-0.25, -0.2) is 9.59 Å². The van der Waals surface area contributed by atoms with Gasteiger partial charge in [0.25, 0.3) is 5.56 Å². The summed E-state index contributed by atoms with van der Waals surface area (Å²) in [6.45, 7) is 0. The Balaban J connectivity index is 2.27. The van der Waals surface area contributed by atoms with Gasteiger partial charge in [0, 0.05) is 7.05 Å². The lowest BCUT2D eigenvalue weighted by Gasteiger charge is -2.28. The molecule has 0 aliphatic carbocycles. The molecule has 0 fully saturated rings. The quantitative estimate of drug-likeness (QED) is 0.596. The van der Waals surface area contributed by atoms with E-state index in [2.05, 4.69) is 31.5 Å². The molecule has 0 saturated carbocycles. The molecule has 0 radical (unpaired) electrons. The van der Waals surface area contributed by atoms with Crippen molar-refractivity contribution in [3.8, 4) is 11.5 Å². The van der Waals surface area contributed by atoms with Crippen LogP contribution in [0.15, 0.2) is 26.2 Å². The van der Waals surface area contributed by atoms with Gasteiger partial charge in [0.05, 0.1) is 23.2 Å². The number of methoxy groups -OCH3 is 1. The molecule has 24 heavy (non-hydrogen) atoms. The van der Waals surface area contributed by atoms with Crippen molar-refractivity contribution in [1.82, 2.24) is 14.9 Å². The van der Waals surface area contributed by atoms with Crippen LogP contribution in [0.5, 0.6) is 11.5 Å². The first-order valence-electron chi connectivity index (χ1n) is 6.80. The van der Waals surface area contributed by atoms with E-state index in [1.54, 1.807) is 6.07 Å². The average molecular weight is 397 g/mol. The van der Waals surface area contributed by atoms with E-state index < -0.39 is 23.3 Å². The zero-order valence-electron chi connectivity index (χ0n) is 12.6. The number of benzene rings is 1. The fourth-order valence-electron chi connectivity index (χ4n) is 2.57. The topological polar surface area (TPSA) is 125 Å². The van der Waals surface area contributed by atoms with Crippen molar-refractivity contribution in [1.29, 1.82) is 0 Å². The average Bonchev–Trinajstić information content (AvgIpc) is 2.54. The molecule has 0 unspecified atom stereocenters. The summed E-state index contributed by atoms with van der Waals surface area (Å²) in [5, 5.41) is 15.0. The van der Waals surface area contributed by atoms with E-state index >= 15 is 0 Å². The Kier molecular flexibility index (Phi) is 3.84. The van der Waals surface area contributed by atoms with Crippen LogP contribution in [0.1, 0.15) is 17.2 Å². The van der Waals surface area contributed by atoms with Crippen molar-refractivity contribution < 1.29 is 14.6 Å². The number of urea groups is 1. The Labute approximate surface area is 143 Å². The van der Waals surface area contributed by atoms with Crippen molar-refractivity contribution >= 4 is 27.8 Å². The van der Waals surface area contributed by atoms with Crippen molar-refractivity contribution in [2.75, 3.05) is 12.4 Å². The zero-order chi connectivity index (χ0) is 17.6. The van der Waals surface area contributed by atoms with E-state index in [1.807, 2.05) is 0 Å². The fraction of sp³-hybridized carbons (Fsp3) is 0.214. The molecule has 2 heterocycles. The molecule has 1 aliphatic rings. The lowest BCUT2D eigenvalue weighted by molar-refractivity contribution is 0.248. The predicted octanol–water partition coefficient (Wildman–Crippen LogP) is 0.775. The number of hydrogen-bond donors (Lipinski definition) is 4. The lowest BCUT2D eigenvalue weighted by atomic mass is 9.98. The van der Waals surface area contributed by atoms with Crippen LogP contribution in [0.3, 0.4) is 0 Å². The summed E-state index contributed by atoms with van der Waals surface area (Å²) in [5.41, 5.74) is -0.578. The number of hydrogen-bond acceptors (Lipinski definition) is 5. The highest BCUT2D eigenvalue weighted by molar-refractivity contribution is 9.10. The van der Waals surface area contributed by atoms with Gasteiger partial charge in [-0.2, -0.15) is 0 Å². The minimum Gasteiger partial charge on any atom is -0.503 e. The number of phenolic OH excluding ortho intramolecular Hbond substituents is 1. The number of nitrogens with zero attached hydrogens (tertiary/aromatic N) is 1. The molecule has 3 rings (SSSR count). The van der Waals surface area contributed by atoms with Gasteiger partial charge in [-0.1, -0.05) is 0 Å². The van der Waals surface area contributed by atoms with Gasteiger partial charge >= 0.3 is 11.7 Å². The van der Waals surface area contributed by atoms with Crippen molar-refractivity contribution in [3.05, 3.63) is 48.6 Å². The van der Waals surface area contributed by atoms with Crippen LogP contribution in [0.2, 0.25) is 0 Å². The van der Waals surface area contributed by atoms with E-state index in [0.29, 0.717) is 10.0 Å². The first-order chi connectivity index (χ1) is 11.3. The highest BCUT2D eigenvalue weighted by Crippen LogP contribution is 2.39. The minimum atomic E-state index is -0.824. The Morgan fingerprint density at radius 3 is 2.67 bits per heavy atom. The van der Waals surface area contributed by atoms with E-state index in [-0.39, 0.29) is 22.9 Å². The second kappa shape index (κ2) is 5.71. The third-order valence-corrected chi connectivity index (χ3v) is 4.36. The van der Waals surface area contributed by atoms with E-state index in [4.69, 9.17) is 4.74 Å². The van der Waals surface area contributed by atoms with Gasteiger partial charge in [0.1, 0.15) is 5.82 Å². The number of aromatic nitrogens is 2. The molecule has 1 aromatic heterocycles. The monoisotopic (exact) mass is 396 g/mol. The second-order valence-electron chi connectivity index (χ2n) is 5.17. The maximum Gasteiger partial charge on any atom is 0.329 e. The minimum absolute atomic E-state index is 0.101. The van der Waals surface area contributed by atoms with Crippen LogP contribution in [0, 0.1) is 0 Å². The van der Waals surface area contributed by atoms with Crippen molar-refractivity contribution in [2.45, 2.75) is 6.04 Å². The molecule has 0 saturated heterocycles. The number of rotatable bonds is 2. The number of H-pyrrole nitrogens is 1. The van der Waals surface area contributed by atoms with E-state index in [0.717, 1.165) is 4.57 Å². The highest BCUT2D eigenvalue weighted by Gasteiger charge is 2.31. The summed E-state index contributed by atoms with van der Waals surface area (Å²) in [4.78, 5) is 38.2. The molecule has 4 N–H and O–H groups in total. The molecule has 0 bridgehead atoms. The lowest BCUT2D eigenvalue weighted by Crippen LogP contribution is -2.46. The number of anilines is 1. The number of halogens is 1. The molecular formula is C14H13BrN4O5. The first kappa shape index (κ1) is 16.1. The predicted molar refractivity (Wildman–Crippen MR) is 88.7 cm³/mol. The van der Waals surface area contributed by atoms with Crippen LogP contribution >= 0.6 is 15.9 Å². The van der Waals surface area contributed by atoms with Crippen LogP contribution in [0.4, 0.5) is 10.6 Å². The Bertz CT molecular complexity index is 965. The molecule has 2 aromatic rings. The molecule has 0 spiro atoms. The van der Waals surface area contributed by atoms with Crippen LogP contribution in [-0.2, 0) is 7.05 Å². The molecule has 1 aromatic carbocycles. The van der Waals surface area contributed by atoms with Crippen LogP contribution < -0.4 is 26.6 Å². The molecule has 1 atom stereocenters. The fourth-order valence-corrected chi connectivity index (χ4v) is 3.03. The maximum absolute atomic E-state index is 12.3. The highest BCUT2D eigenvalue weighted by atomic mass is 79.9. The van der Waals surface area contributed by atoms with Crippen LogP contribution in [0.25, 0.3) is 0 Å². The second-order valence-corrected chi connectivity index (χ2v) is 6.02. The first-order valence-corrected chi connectivity index (χ1v) is 7.60. The van der Waals surface area contributed by atoms with Gasteiger partial charge < -0.3 is 15.2 Å². The summed E-state index contributed by atoms with van der Waals surface area (Å²) >= 11 is 3.20. The van der Waals surface area contributed by atoms with Gasteiger partial charge in [0.15, 0.2) is 11.5 Å². The molecule has 9 nitrogen and oxygen atoms in total. The summed E-state index contributed by atoms with van der Waals surface area (Å²) in [5.74, 6) is 0.187. The number of ether oxygens (including phenoxy) is 1. The smallest absolute Gasteiger partial charge is 0.329 e. The summed E-state index contributed by atoms with van der Waals surface area (Å²) in [6, 6.07) is 1.68. The molecule has 2 amide bonds. The number of phenols is 1. The zero-order valence-corrected chi connectivity index (χ0v) is 14.2. The number of aromatic hydroxyl groups is 1. The van der Waals surface area contributed by atoms with Gasteiger partial charge in [0.2, 0.25) is 0 Å². The maximum atomic E-state index is 12.3. The molecule has 10 heteroatoms. The Hall–Kier alpha value is -2.75. The Morgan fingerprint density at radius 1 is 1.29 bits per heavy atom. The van der Waals surface area contributed by atoms with Gasteiger partial charge in [-0.3, -0.25) is 19.7 Å². The summed E-state index contributed by atoms with van der Waals surface area (Å²) in [7, 11) is 2.82. The third kappa shape index (κ3) is 2.44. The number of carbonyl (C=O) groups is 1. The number of amides is 2. The van der Waals surface area contributed by atoms with E-state index in [1.165, 1.54) is 20.2 Å². The number of aromatic amines is 1. The largest absolute Gasteiger partial charge is 0.503 e. The van der Waals surface area contributed by atoms with Crippen LogP contribution in [-0.4, -0.2) is 27.8 Å². The normalized spacial score (nSPS) is 16.1. The number of fused-ring (bicyclic) bond motifs is 1.